The molecule has 23 heavy (non-hydrogen) atoms. The van der Waals surface area contributed by atoms with Gasteiger partial charge in [-0.15, -0.1) is 0 Å². The molecule has 134 valence electrons. The molecule has 0 aromatic heterocycles. The van der Waals surface area contributed by atoms with Crippen molar-refractivity contribution >= 4 is 15.4 Å². The van der Waals surface area contributed by atoms with E-state index in [1.807, 2.05) is 6.92 Å². The number of halogens is 1. The second-order valence-electron chi connectivity index (χ2n) is 5.81. The summed E-state index contributed by atoms with van der Waals surface area (Å²) in [6.07, 6.45) is 1.54. The summed E-state index contributed by atoms with van der Waals surface area (Å²) in [6.45, 7) is 4.83. The lowest BCUT2D eigenvalue weighted by Gasteiger charge is -2.25. The largest absolute Gasteiger partial charge is 0.379 e. The molecule has 0 bridgehead atoms. The zero-order valence-corrected chi connectivity index (χ0v) is 15.3. The van der Waals surface area contributed by atoms with Crippen LogP contribution in [0.15, 0.2) is 0 Å². The first-order valence-electron chi connectivity index (χ1n) is 8.43. The first-order chi connectivity index (χ1) is 11.0. The van der Waals surface area contributed by atoms with Crippen molar-refractivity contribution < 1.29 is 27.5 Å². The van der Waals surface area contributed by atoms with Gasteiger partial charge in [0, 0.05) is 13.7 Å². The normalized spacial score (nSPS) is 30.4. The number of hydrogen-bond donors (Lipinski definition) is 0. The fourth-order valence-corrected chi connectivity index (χ4v) is 3.99. The molecule has 1 heterocycles. The van der Waals surface area contributed by atoms with E-state index in [2.05, 4.69) is 6.92 Å². The molecule has 2 radical (unpaired) electrons. The summed E-state index contributed by atoms with van der Waals surface area (Å²) in [5, 5.41) is 0. The number of alkyl halides is 1. The SMILES string of the molecule is [B]C1OC(COCCCC)C(OP(=O)(CCCCC)OC)C1F. The number of unbranched alkanes of at least 4 members (excludes halogenated alkanes) is 3. The standard InChI is InChI=1S/C15H29BFO5P/c1-4-6-8-10-23(18,19-3)22-14-12(11-20-9-7-5-2)21-15(16)13(14)17/h12-15H,4-11H2,1-3H3. The van der Waals surface area contributed by atoms with Gasteiger partial charge in [-0.25, -0.2) is 4.39 Å². The van der Waals surface area contributed by atoms with E-state index in [0.29, 0.717) is 13.0 Å². The maximum atomic E-state index is 14.3. The highest BCUT2D eigenvalue weighted by Gasteiger charge is 2.46. The summed E-state index contributed by atoms with van der Waals surface area (Å²) in [4.78, 5) is 0. The minimum Gasteiger partial charge on any atom is -0.379 e. The van der Waals surface area contributed by atoms with Crippen molar-refractivity contribution in [3.05, 3.63) is 0 Å². The number of rotatable bonds is 12. The third-order valence-electron chi connectivity index (χ3n) is 3.85. The summed E-state index contributed by atoms with van der Waals surface area (Å²) in [5.74, 6) is 0. The van der Waals surface area contributed by atoms with Gasteiger partial charge in [-0.05, 0) is 12.8 Å². The molecule has 0 aromatic rings. The molecule has 8 heteroatoms. The third kappa shape index (κ3) is 6.83. The molecule has 5 unspecified atom stereocenters. The van der Waals surface area contributed by atoms with E-state index in [-0.39, 0.29) is 12.8 Å². The zero-order chi connectivity index (χ0) is 17.3. The van der Waals surface area contributed by atoms with E-state index in [1.165, 1.54) is 7.11 Å². The van der Waals surface area contributed by atoms with E-state index in [0.717, 1.165) is 25.7 Å². The molecule has 0 spiro atoms. The molecular formula is C15H29BFO5P. The van der Waals surface area contributed by atoms with E-state index >= 15 is 0 Å². The molecule has 1 aliphatic rings. The molecule has 5 nitrogen and oxygen atoms in total. The maximum absolute atomic E-state index is 14.3. The van der Waals surface area contributed by atoms with Crippen LogP contribution in [0.2, 0.25) is 0 Å². The van der Waals surface area contributed by atoms with Gasteiger partial charge < -0.3 is 14.0 Å². The van der Waals surface area contributed by atoms with Crippen molar-refractivity contribution in [1.82, 2.24) is 0 Å². The summed E-state index contributed by atoms with van der Waals surface area (Å²) in [5.41, 5.74) is 0. The molecular weight excluding hydrogens is 321 g/mol. The van der Waals surface area contributed by atoms with Crippen LogP contribution in [0.4, 0.5) is 4.39 Å². The molecule has 0 aliphatic carbocycles. The molecule has 1 rings (SSSR count). The predicted octanol–water partition coefficient (Wildman–Crippen LogP) is 3.45. The highest BCUT2D eigenvalue weighted by atomic mass is 31.2. The van der Waals surface area contributed by atoms with Crippen LogP contribution in [0, 0.1) is 0 Å². The molecule has 0 amide bonds. The summed E-state index contributed by atoms with van der Waals surface area (Å²) < 4.78 is 48.3. The Morgan fingerprint density at radius 3 is 2.52 bits per heavy atom. The average Bonchev–Trinajstić information content (AvgIpc) is 2.79. The van der Waals surface area contributed by atoms with Crippen molar-refractivity contribution in [1.29, 1.82) is 0 Å². The van der Waals surface area contributed by atoms with Gasteiger partial charge in [0.15, 0.2) is 0 Å². The van der Waals surface area contributed by atoms with E-state index in [9.17, 15) is 8.96 Å². The zero-order valence-electron chi connectivity index (χ0n) is 14.4. The minimum absolute atomic E-state index is 0.164. The lowest BCUT2D eigenvalue weighted by molar-refractivity contribution is -0.0279. The van der Waals surface area contributed by atoms with Crippen LogP contribution in [0.3, 0.4) is 0 Å². The first kappa shape index (κ1) is 21.1. The molecule has 1 aliphatic heterocycles. The molecule has 0 N–H and O–H groups in total. The van der Waals surface area contributed by atoms with Gasteiger partial charge in [-0.3, -0.25) is 9.09 Å². The van der Waals surface area contributed by atoms with Crippen molar-refractivity contribution in [2.75, 3.05) is 26.5 Å². The first-order valence-corrected chi connectivity index (χ1v) is 10.2. The Labute approximate surface area is 140 Å². The molecule has 0 saturated carbocycles. The predicted molar refractivity (Wildman–Crippen MR) is 88.9 cm³/mol. The van der Waals surface area contributed by atoms with Gasteiger partial charge in [0.2, 0.25) is 0 Å². The van der Waals surface area contributed by atoms with E-state index in [1.54, 1.807) is 0 Å². The van der Waals surface area contributed by atoms with Gasteiger partial charge in [0.25, 0.3) is 0 Å². The Hall–Kier alpha value is 0.0649. The van der Waals surface area contributed by atoms with Crippen LogP contribution >= 0.6 is 7.60 Å². The van der Waals surface area contributed by atoms with Gasteiger partial charge in [-0.2, -0.15) is 0 Å². The molecule has 0 aromatic carbocycles. The highest BCUT2D eigenvalue weighted by molar-refractivity contribution is 7.53. The van der Waals surface area contributed by atoms with Gasteiger partial charge in [0.1, 0.15) is 26.2 Å². The monoisotopic (exact) mass is 350 g/mol. The smallest absolute Gasteiger partial charge is 0.330 e. The summed E-state index contributed by atoms with van der Waals surface area (Å²) >= 11 is 0. The number of ether oxygens (including phenoxy) is 2. The Bertz CT molecular complexity index is 374. The van der Waals surface area contributed by atoms with Crippen molar-refractivity contribution in [2.24, 2.45) is 0 Å². The van der Waals surface area contributed by atoms with Crippen molar-refractivity contribution in [2.45, 2.75) is 70.3 Å². The Morgan fingerprint density at radius 1 is 1.22 bits per heavy atom. The van der Waals surface area contributed by atoms with Crippen LogP contribution < -0.4 is 0 Å². The summed E-state index contributed by atoms with van der Waals surface area (Å²) in [7, 11) is 3.57. The summed E-state index contributed by atoms with van der Waals surface area (Å²) in [6, 6.07) is -1.10. The average molecular weight is 350 g/mol. The van der Waals surface area contributed by atoms with Crippen LogP contribution in [0.5, 0.6) is 0 Å². The van der Waals surface area contributed by atoms with E-state index < -0.39 is 32.0 Å². The Morgan fingerprint density at radius 2 is 1.91 bits per heavy atom. The Kier molecular flexibility index (Phi) is 9.94. The lowest BCUT2D eigenvalue weighted by Crippen LogP contribution is -2.34. The van der Waals surface area contributed by atoms with Crippen LogP contribution in [0.1, 0.15) is 46.0 Å². The fourth-order valence-electron chi connectivity index (χ4n) is 2.38. The van der Waals surface area contributed by atoms with Crippen LogP contribution in [-0.4, -0.2) is 58.7 Å². The molecule has 5 atom stereocenters. The second kappa shape index (κ2) is 10.8. The van der Waals surface area contributed by atoms with Gasteiger partial charge >= 0.3 is 7.60 Å². The number of hydrogen-bond acceptors (Lipinski definition) is 5. The van der Waals surface area contributed by atoms with Gasteiger partial charge in [0.05, 0.1) is 18.8 Å². The van der Waals surface area contributed by atoms with E-state index in [4.69, 9.17) is 26.4 Å². The van der Waals surface area contributed by atoms with Crippen molar-refractivity contribution in [3.63, 3.8) is 0 Å². The second-order valence-corrected chi connectivity index (χ2v) is 8.05. The van der Waals surface area contributed by atoms with Crippen LogP contribution in [-0.2, 0) is 23.1 Å². The van der Waals surface area contributed by atoms with Crippen LogP contribution in [0.25, 0.3) is 0 Å². The fraction of sp³-hybridized carbons (Fsp3) is 1.00. The topological polar surface area (TPSA) is 54.0 Å². The minimum atomic E-state index is -3.36. The molecule has 1 saturated heterocycles. The maximum Gasteiger partial charge on any atom is 0.330 e. The molecule has 1 fully saturated rings. The third-order valence-corrected chi connectivity index (χ3v) is 5.83. The lowest BCUT2D eigenvalue weighted by atomic mass is 9.94. The highest BCUT2D eigenvalue weighted by Crippen LogP contribution is 2.51. The quantitative estimate of drug-likeness (QED) is 0.307. The Balaban J connectivity index is 2.61. The van der Waals surface area contributed by atoms with Gasteiger partial charge in [-0.1, -0.05) is 33.1 Å². The van der Waals surface area contributed by atoms with Crippen molar-refractivity contribution in [3.8, 4) is 0 Å².